The number of nitrogens with one attached hydrogen (secondary N) is 3. The lowest BCUT2D eigenvalue weighted by Crippen LogP contribution is -2.24. The Morgan fingerprint density at radius 1 is 1.15 bits per heavy atom. The molecule has 3 N–H and O–H groups in total. The van der Waals surface area contributed by atoms with Crippen LogP contribution in [0.25, 0.3) is 10.9 Å². The first-order chi connectivity index (χ1) is 18.9. The predicted molar refractivity (Wildman–Crippen MR) is 149 cm³/mol. The van der Waals surface area contributed by atoms with Crippen LogP contribution >= 0.6 is 0 Å². The number of pyridine rings is 1. The Balaban J connectivity index is 1.94. The molecule has 0 spiro atoms. The lowest BCUT2D eigenvalue weighted by Gasteiger charge is -2.19. The van der Waals surface area contributed by atoms with Crippen LogP contribution in [-0.2, 0) is 12.0 Å². The Hall–Kier alpha value is -3.96. The number of nitriles is 1. The van der Waals surface area contributed by atoms with E-state index in [1.54, 1.807) is 26.0 Å². The first-order valence-corrected chi connectivity index (χ1v) is 12.9. The Kier molecular flexibility index (Phi) is 9.88. The lowest BCUT2D eigenvalue weighted by atomic mass is 9.90. The van der Waals surface area contributed by atoms with Crippen molar-refractivity contribution < 1.29 is 22.3 Å². The van der Waals surface area contributed by atoms with Gasteiger partial charge < -0.3 is 25.3 Å². The van der Waals surface area contributed by atoms with Gasteiger partial charge in [0.15, 0.2) is 0 Å². The average Bonchev–Trinajstić information content (AvgIpc) is 3.24. The van der Waals surface area contributed by atoms with Crippen molar-refractivity contribution >= 4 is 22.3 Å². The van der Waals surface area contributed by atoms with Crippen molar-refractivity contribution in [2.24, 2.45) is 0 Å². The zero-order valence-electron chi connectivity index (χ0n) is 23.3. The summed E-state index contributed by atoms with van der Waals surface area (Å²) in [7, 11) is 3.32. The summed E-state index contributed by atoms with van der Waals surface area (Å²) in [6.07, 6.45) is -1.49. The van der Waals surface area contributed by atoms with Crippen LogP contribution in [0.3, 0.4) is 0 Å². The lowest BCUT2D eigenvalue weighted by molar-refractivity contribution is -0.140. The van der Waals surface area contributed by atoms with Gasteiger partial charge in [-0.1, -0.05) is 12.8 Å². The fraction of sp³-hybridized carbons (Fsp3) is 0.448. The molecule has 0 radical (unpaired) electrons. The number of methoxy groups -OCH3 is 1. The van der Waals surface area contributed by atoms with Crippen LogP contribution < -0.4 is 20.7 Å². The highest BCUT2D eigenvalue weighted by Gasteiger charge is 2.30. The molecular formula is C29H34F4N6O. The van der Waals surface area contributed by atoms with E-state index in [0.29, 0.717) is 28.2 Å². The highest BCUT2D eigenvalue weighted by molar-refractivity contribution is 5.94. The fourth-order valence-electron chi connectivity index (χ4n) is 4.22. The van der Waals surface area contributed by atoms with Crippen molar-refractivity contribution in [3.8, 4) is 23.7 Å². The number of hydrogen-bond donors (Lipinski definition) is 3. The predicted octanol–water partition coefficient (Wildman–Crippen LogP) is 5.81. The van der Waals surface area contributed by atoms with Gasteiger partial charge in [0.25, 0.3) is 0 Å². The molecule has 0 aliphatic carbocycles. The van der Waals surface area contributed by atoms with Crippen LogP contribution in [-0.4, -0.2) is 49.0 Å². The van der Waals surface area contributed by atoms with Crippen molar-refractivity contribution in [3.63, 3.8) is 0 Å². The number of rotatable bonds is 11. The van der Waals surface area contributed by atoms with Gasteiger partial charge in [0, 0.05) is 23.2 Å². The van der Waals surface area contributed by atoms with Crippen molar-refractivity contribution in [1.29, 1.82) is 5.26 Å². The van der Waals surface area contributed by atoms with Crippen LogP contribution in [0.5, 0.6) is 5.75 Å². The second-order valence-corrected chi connectivity index (χ2v) is 9.92. The molecule has 0 fully saturated rings. The van der Waals surface area contributed by atoms with E-state index >= 15 is 0 Å². The monoisotopic (exact) mass is 558 g/mol. The smallest absolute Gasteiger partial charge is 0.406 e. The van der Waals surface area contributed by atoms with Crippen LogP contribution in [0, 0.1) is 29.0 Å². The van der Waals surface area contributed by atoms with Gasteiger partial charge in [-0.3, -0.25) is 4.98 Å². The topological polar surface area (TPSA) is 86.9 Å². The van der Waals surface area contributed by atoms with Crippen LogP contribution in [0.15, 0.2) is 30.5 Å². The molecule has 0 aliphatic rings. The zero-order valence-corrected chi connectivity index (χ0v) is 23.3. The van der Waals surface area contributed by atoms with Crippen molar-refractivity contribution in [1.82, 2.24) is 14.9 Å². The molecule has 0 aliphatic heterocycles. The van der Waals surface area contributed by atoms with Crippen molar-refractivity contribution in [3.05, 3.63) is 47.7 Å². The van der Waals surface area contributed by atoms with E-state index in [1.165, 1.54) is 19.4 Å². The molecule has 0 bridgehead atoms. The summed E-state index contributed by atoms with van der Waals surface area (Å²) in [5.41, 5.74) is 0.897. The van der Waals surface area contributed by atoms with E-state index in [1.807, 2.05) is 14.0 Å². The molecule has 1 unspecified atom stereocenters. The Labute approximate surface area is 231 Å². The molecule has 7 nitrogen and oxygen atoms in total. The molecule has 2 heterocycles. The van der Waals surface area contributed by atoms with Gasteiger partial charge >= 0.3 is 6.18 Å². The molecular weight excluding hydrogens is 524 g/mol. The molecule has 3 rings (SSSR count). The van der Waals surface area contributed by atoms with Crippen LogP contribution in [0.2, 0.25) is 0 Å². The third kappa shape index (κ3) is 7.57. The van der Waals surface area contributed by atoms with E-state index in [9.17, 15) is 22.8 Å². The van der Waals surface area contributed by atoms with Gasteiger partial charge in [-0.05, 0) is 64.4 Å². The second-order valence-electron chi connectivity index (χ2n) is 9.92. The summed E-state index contributed by atoms with van der Waals surface area (Å²) in [4.78, 5) is 4.33. The van der Waals surface area contributed by atoms with Gasteiger partial charge in [0.05, 0.1) is 53.9 Å². The number of ether oxygens (including phenoxy) is 1. The second kappa shape index (κ2) is 12.9. The maximum atomic E-state index is 14.6. The maximum Gasteiger partial charge on any atom is 0.406 e. The standard InChI is InChI=1S/C29H34F4N6O/c1-6-20(9-11-35-4)38-23-12-19(30)13-25-22(23)14-21(39(25)18-29(31,32)33)8-7-10-36-24-16-37-27(15-26(24)40-5)28(2,3)17-34/h12-16,20,35-36,38H,6,9-11,18H2,1-5H3. The van der Waals surface area contributed by atoms with E-state index in [0.717, 1.165) is 30.0 Å². The minimum absolute atomic E-state index is 0.0101. The van der Waals surface area contributed by atoms with Crippen molar-refractivity contribution in [2.75, 3.05) is 37.9 Å². The Morgan fingerprint density at radius 3 is 2.52 bits per heavy atom. The SMILES string of the molecule is CCC(CCNC)Nc1cc(F)cc2c1cc(C#CCNc1cnc(C(C)(C)C#N)cc1OC)n2CC(F)(F)F. The Morgan fingerprint density at radius 2 is 1.90 bits per heavy atom. The Bertz CT molecular complexity index is 1430. The minimum Gasteiger partial charge on any atom is -0.494 e. The first kappa shape index (κ1) is 30.6. The minimum atomic E-state index is -4.53. The quantitative estimate of drug-likeness (QED) is 0.203. The van der Waals surface area contributed by atoms with Gasteiger partial charge in [-0.15, -0.1) is 0 Å². The largest absolute Gasteiger partial charge is 0.494 e. The number of alkyl halides is 3. The number of hydrogen-bond acceptors (Lipinski definition) is 6. The molecule has 11 heteroatoms. The molecule has 1 atom stereocenters. The maximum absolute atomic E-state index is 14.6. The molecule has 0 saturated carbocycles. The molecule has 40 heavy (non-hydrogen) atoms. The third-order valence-electron chi connectivity index (χ3n) is 6.51. The number of benzene rings is 1. The molecule has 1 aromatic carbocycles. The number of halogens is 4. The molecule has 0 amide bonds. The normalized spacial score (nSPS) is 12.4. The first-order valence-electron chi connectivity index (χ1n) is 12.9. The fourth-order valence-corrected chi connectivity index (χ4v) is 4.22. The number of anilines is 2. The summed E-state index contributed by atoms with van der Waals surface area (Å²) < 4.78 is 61.6. The van der Waals surface area contributed by atoms with E-state index in [2.05, 4.69) is 38.8 Å². The number of aromatic nitrogens is 2. The highest BCUT2D eigenvalue weighted by Crippen LogP contribution is 2.32. The van der Waals surface area contributed by atoms with E-state index in [-0.39, 0.29) is 23.8 Å². The molecule has 2 aromatic heterocycles. The van der Waals surface area contributed by atoms with Gasteiger partial charge in [0.2, 0.25) is 0 Å². The number of nitrogens with zero attached hydrogens (tertiary/aromatic N) is 3. The summed E-state index contributed by atoms with van der Waals surface area (Å²) >= 11 is 0. The molecule has 214 valence electrons. The van der Waals surface area contributed by atoms with E-state index in [4.69, 9.17) is 4.74 Å². The number of fused-ring (bicyclic) bond motifs is 1. The third-order valence-corrected chi connectivity index (χ3v) is 6.51. The van der Waals surface area contributed by atoms with Gasteiger partial charge in [-0.2, -0.15) is 18.4 Å². The van der Waals surface area contributed by atoms with Crippen molar-refractivity contribution in [2.45, 2.75) is 57.8 Å². The molecule has 0 saturated heterocycles. The summed E-state index contributed by atoms with van der Waals surface area (Å²) in [6.45, 7) is 4.98. The van der Waals surface area contributed by atoms with Gasteiger partial charge in [-0.25, -0.2) is 4.39 Å². The van der Waals surface area contributed by atoms with Crippen LogP contribution in [0.1, 0.15) is 45.0 Å². The van der Waals surface area contributed by atoms with E-state index < -0.39 is 24.0 Å². The highest BCUT2D eigenvalue weighted by atomic mass is 19.4. The summed E-state index contributed by atoms with van der Waals surface area (Å²) in [6, 6.07) is 7.82. The summed E-state index contributed by atoms with van der Waals surface area (Å²) in [5.74, 6) is 5.48. The summed E-state index contributed by atoms with van der Waals surface area (Å²) in [5, 5.41) is 19.3. The van der Waals surface area contributed by atoms with Gasteiger partial charge in [0.1, 0.15) is 18.1 Å². The zero-order chi connectivity index (χ0) is 29.5. The van der Waals surface area contributed by atoms with Crippen LogP contribution in [0.4, 0.5) is 28.9 Å². The average molecular weight is 559 g/mol. The molecule has 3 aromatic rings.